The minimum Gasteiger partial charge on any atom is -0.449 e. The molecular weight excluding hydrogens is 270 g/mol. The zero-order valence-electron chi connectivity index (χ0n) is 11.9. The molecule has 0 amide bonds. The fraction of sp³-hybridized carbons (Fsp3) is 0.267. The quantitative estimate of drug-likeness (QED) is 0.671. The minimum atomic E-state index is -0.461. The molecule has 110 valence electrons. The lowest BCUT2D eigenvalue weighted by Gasteiger charge is -2.10. The van der Waals surface area contributed by atoms with Crippen molar-refractivity contribution in [2.75, 3.05) is 0 Å². The summed E-state index contributed by atoms with van der Waals surface area (Å²) in [6, 6.07) is 8.18. The van der Waals surface area contributed by atoms with E-state index in [1.807, 2.05) is 6.92 Å². The van der Waals surface area contributed by atoms with Gasteiger partial charge in [-0.2, -0.15) is 0 Å². The van der Waals surface area contributed by atoms with Crippen LogP contribution in [0.2, 0.25) is 0 Å². The molecule has 2 aromatic rings. The highest BCUT2D eigenvalue weighted by molar-refractivity contribution is 5.50. The molecule has 1 heterocycles. The Labute approximate surface area is 122 Å². The molecule has 6 heteroatoms. The topological polar surface area (TPSA) is 91.3 Å². The molecule has 1 aromatic carbocycles. The Morgan fingerprint density at radius 3 is 2.71 bits per heavy atom. The summed E-state index contributed by atoms with van der Waals surface area (Å²) in [5, 5.41) is 11.0. The molecule has 0 aliphatic rings. The standard InChI is InChI=1S/C15H17N3O3/c1-3-12(16)13-6-5-11(9-17-13)21-15-7-4-10(2)8-14(15)18(19)20/h4-9,12H,3,16H2,1-2H3/t12-/m1/s1. The highest BCUT2D eigenvalue weighted by Crippen LogP contribution is 2.32. The summed E-state index contributed by atoms with van der Waals surface area (Å²) in [6.45, 7) is 3.77. The molecule has 0 saturated carbocycles. The van der Waals surface area contributed by atoms with Crippen molar-refractivity contribution < 1.29 is 9.66 Å². The van der Waals surface area contributed by atoms with E-state index in [9.17, 15) is 10.1 Å². The summed E-state index contributed by atoms with van der Waals surface area (Å²) in [5.41, 5.74) is 7.39. The van der Waals surface area contributed by atoms with Crippen LogP contribution in [0.5, 0.6) is 11.5 Å². The van der Waals surface area contributed by atoms with E-state index in [1.165, 1.54) is 12.3 Å². The van der Waals surface area contributed by atoms with Gasteiger partial charge in [0.2, 0.25) is 5.75 Å². The number of pyridine rings is 1. The molecular formula is C15H17N3O3. The molecule has 6 nitrogen and oxygen atoms in total. The van der Waals surface area contributed by atoms with Gasteiger partial charge in [-0.15, -0.1) is 0 Å². The Hall–Kier alpha value is -2.47. The number of nitrogens with zero attached hydrogens (tertiary/aromatic N) is 2. The van der Waals surface area contributed by atoms with Gasteiger partial charge in [0, 0.05) is 12.1 Å². The first-order valence-corrected chi connectivity index (χ1v) is 6.65. The highest BCUT2D eigenvalue weighted by Gasteiger charge is 2.16. The average molecular weight is 287 g/mol. The van der Waals surface area contributed by atoms with Crippen molar-refractivity contribution in [2.45, 2.75) is 26.3 Å². The first kappa shape index (κ1) is 14.9. The molecule has 0 saturated heterocycles. The molecule has 0 aliphatic carbocycles. The third-order valence-electron chi connectivity index (χ3n) is 3.12. The van der Waals surface area contributed by atoms with Gasteiger partial charge in [-0.05, 0) is 37.1 Å². The van der Waals surface area contributed by atoms with E-state index in [-0.39, 0.29) is 17.5 Å². The second-order valence-electron chi connectivity index (χ2n) is 4.76. The molecule has 0 radical (unpaired) electrons. The third kappa shape index (κ3) is 3.55. The van der Waals surface area contributed by atoms with Crippen LogP contribution in [-0.4, -0.2) is 9.91 Å². The van der Waals surface area contributed by atoms with Gasteiger partial charge in [0.05, 0.1) is 16.8 Å². The van der Waals surface area contributed by atoms with Crippen molar-refractivity contribution in [3.8, 4) is 11.5 Å². The Balaban J connectivity index is 2.24. The summed E-state index contributed by atoms with van der Waals surface area (Å²) in [6.07, 6.45) is 2.31. The minimum absolute atomic E-state index is 0.0654. The molecule has 1 atom stereocenters. The summed E-state index contributed by atoms with van der Waals surface area (Å²) >= 11 is 0. The van der Waals surface area contributed by atoms with Gasteiger partial charge in [0.1, 0.15) is 5.75 Å². The molecule has 21 heavy (non-hydrogen) atoms. The van der Waals surface area contributed by atoms with E-state index < -0.39 is 4.92 Å². The van der Waals surface area contributed by atoms with Crippen molar-refractivity contribution >= 4 is 5.69 Å². The Morgan fingerprint density at radius 1 is 1.38 bits per heavy atom. The van der Waals surface area contributed by atoms with Gasteiger partial charge in [-0.1, -0.05) is 13.0 Å². The lowest BCUT2D eigenvalue weighted by Crippen LogP contribution is -2.10. The molecule has 2 N–H and O–H groups in total. The number of nitro groups is 1. The van der Waals surface area contributed by atoms with Gasteiger partial charge in [-0.3, -0.25) is 15.1 Å². The van der Waals surface area contributed by atoms with Crippen LogP contribution in [0.25, 0.3) is 0 Å². The Morgan fingerprint density at radius 2 is 2.14 bits per heavy atom. The number of rotatable bonds is 5. The number of aromatic nitrogens is 1. The van der Waals surface area contributed by atoms with E-state index in [0.29, 0.717) is 5.75 Å². The van der Waals surface area contributed by atoms with Gasteiger partial charge >= 0.3 is 5.69 Å². The van der Waals surface area contributed by atoms with Gasteiger partial charge < -0.3 is 10.5 Å². The monoisotopic (exact) mass is 287 g/mol. The number of hydrogen-bond acceptors (Lipinski definition) is 5. The van der Waals surface area contributed by atoms with Crippen LogP contribution in [0, 0.1) is 17.0 Å². The van der Waals surface area contributed by atoms with Gasteiger partial charge in [-0.25, -0.2) is 0 Å². The number of nitro benzene ring substituents is 1. The maximum Gasteiger partial charge on any atom is 0.311 e. The summed E-state index contributed by atoms with van der Waals surface area (Å²) in [4.78, 5) is 14.8. The lowest BCUT2D eigenvalue weighted by atomic mass is 10.1. The largest absolute Gasteiger partial charge is 0.449 e. The summed E-state index contributed by atoms with van der Waals surface area (Å²) < 4.78 is 5.55. The average Bonchev–Trinajstić information content (AvgIpc) is 2.49. The normalized spacial score (nSPS) is 12.0. The van der Waals surface area contributed by atoms with Gasteiger partial charge in [0.15, 0.2) is 0 Å². The predicted molar refractivity (Wildman–Crippen MR) is 79.4 cm³/mol. The van der Waals surface area contributed by atoms with Crippen LogP contribution >= 0.6 is 0 Å². The molecule has 2 rings (SSSR count). The fourth-order valence-corrected chi connectivity index (χ4v) is 1.86. The predicted octanol–water partition coefficient (Wildman–Crippen LogP) is 3.50. The molecule has 0 unspecified atom stereocenters. The van der Waals surface area contributed by atoms with Crippen LogP contribution in [0.1, 0.15) is 30.6 Å². The van der Waals surface area contributed by atoms with E-state index in [4.69, 9.17) is 10.5 Å². The van der Waals surface area contributed by atoms with Gasteiger partial charge in [0.25, 0.3) is 0 Å². The highest BCUT2D eigenvalue weighted by atomic mass is 16.6. The number of ether oxygens (including phenoxy) is 1. The van der Waals surface area contributed by atoms with Crippen molar-refractivity contribution in [1.29, 1.82) is 0 Å². The SMILES string of the molecule is CC[C@@H](N)c1ccc(Oc2ccc(C)cc2[N+](=O)[O-])cn1. The summed E-state index contributed by atoms with van der Waals surface area (Å²) in [7, 11) is 0. The first-order valence-electron chi connectivity index (χ1n) is 6.65. The van der Waals surface area contributed by atoms with E-state index in [1.54, 1.807) is 31.2 Å². The first-order chi connectivity index (χ1) is 10.0. The lowest BCUT2D eigenvalue weighted by molar-refractivity contribution is -0.385. The second kappa shape index (κ2) is 6.32. The van der Waals surface area contributed by atoms with Crippen molar-refractivity contribution in [2.24, 2.45) is 5.73 Å². The smallest absolute Gasteiger partial charge is 0.311 e. The van der Waals surface area contributed by atoms with Crippen LogP contribution < -0.4 is 10.5 Å². The number of aryl methyl sites for hydroxylation is 1. The Bertz CT molecular complexity index is 641. The molecule has 1 aromatic heterocycles. The molecule has 0 bridgehead atoms. The number of nitrogens with two attached hydrogens (primary N) is 1. The molecule has 0 spiro atoms. The number of benzene rings is 1. The van der Waals surface area contributed by atoms with E-state index >= 15 is 0 Å². The van der Waals surface area contributed by atoms with Crippen LogP contribution in [0.15, 0.2) is 36.5 Å². The van der Waals surface area contributed by atoms with Crippen molar-refractivity contribution in [3.63, 3.8) is 0 Å². The van der Waals surface area contributed by atoms with E-state index in [2.05, 4.69) is 4.98 Å². The zero-order valence-corrected chi connectivity index (χ0v) is 11.9. The molecule has 0 fully saturated rings. The fourth-order valence-electron chi connectivity index (χ4n) is 1.86. The van der Waals surface area contributed by atoms with Crippen LogP contribution in [0.3, 0.4) is 0 Å². The molecule has 0 aliphatic heterocycles. The second-order valence-corrected chi connectivity index (χ2v) is 4.76. The number of hydrogen-bond donors (Lipinski definition) is 1. The summed E-state index contributed by atoms with van der Waals surface area (Å²) in [5.74, 6) is 0.633. The van der Waals surface area contributed by atoms with Crippen LogP contribution in [-0.2, 0) is 0 Å². The van der Waals surface area contributed by atoms with Crippen molar-refractivity contribution in [3.05, 3.63) is 57.9 Å². The zero-order chi connectivity index (χ0) is 15.4. The third-order valence-corrected chi connectivity index (χ3v) is 3.12. The van der Waals surface area contributed by atoms with Crippen LogP contribution in [0.4, 0.5) is 5.69 Å². The van der Waals surface area contributed by atoms with E-state index in [0.717, 1.165) is 17.7 Å². The van der Waals surface area contributed by atoms with Crippen molar-refractivity contribution in [1.82, 2.24) is 4.98 Å². The maximum absolute atomic E-state index is 11.0. The Kier molecular flexibility index (Phi) is 4.49. The maximum atomic E-state index is 11.0.